The molecule has 0 radical (unpaired) electrons. The Morgan fingerprint density at radius 2 is 1.81 bits per heavy atom. The van der Waals surface area contributed by atoms with E-state index in [1.54, 1.807) is 0 Å². The van der Waals surface area contributed by atoms with Crippen molar-refractivity contribution in [1.82, 2.24) is 0 Å². The third-order valence-electron chi connectivity index (χ3n) is 5.98. The molecule has 3 rings (SSSR count). The van der Waals surface area contributed by atoms with E-state index in [9.17, 15) is 4.39 Å². The maximum atomic E-state index is 15.1. The van der Waals surface area contributed by atoms with Crippen LogP contribution in [0.2, 0.25) is 0 Å². The van der Waals surface area contributed by atoms with Gasteiger partial charge in [-0.15, -0.1) is 0 Å². The first-order valence-electron chi connectivity index (χ1n) is 9.70. The van der Waals surface area contributed by atoms with Gasteiger partial charge in [0, 0.05) is 23.1 Å². The van der Waals surface area contributed by atoms with Crippen LogP contribution >= 0.6 is 0 Å². The van der Waals surface area contributed by atoms with Crippen molar-refractivity contribution in [3.63, 3.8) is 0 Å². The van der Waals surface area contributed by atoms with Crippen LogP contribution in [0.1, 0.15) is 63.1 Å². The van der Waals surface area contributed by atoms with Crippen molar-refractivity contribution in [2.45, 2.75) is 65.2 Å². The Hall–Kier alpha value is -2.03. The first-order valence-corrected chi connectivity index (χ1v) is 9.70. The van der Waals surface area contributed by atoms with Crippen molar-refractivity contribution >= 4 is 6.20 Å². The molecule has 0 N–H and O–H groups in total. The number of allylic oxidation sites excluding steroid dienone is 1. The number of nitrogens with zero attached hydrogens (tertiary/aromatic N) is 1. The molecule has 1 aliphatic heterocycles. The van der Waals surface area contributed by atoms with Crippen LogP contribution in [0, 0.1) is 18.6 Å². The van der Waals surface area contributed by atoms with Crippen molar-refractivity contribution < 1.29 is 13.3 Å². The van der Waals surface area contributed by atoms with E-state index in [4.69, 9.17) is 0 Å². The average molecular weight is 356 g/mol. The number of rotatable bonds is 5. The molecule has 0 saturated carbocycles. The minimum Gasteiger partial charge on any atom is -0.207 e. The SMILES string of the molecule is CCCCc1cc[n+]2c(c1C)-c1c(F)cc(F)cc1C(CC)(CC)C=C2. The molecule has 0 saturated heterocycles. The topological polar surface area (TPSA) is 3.88 Å². The molecule has 0 aliphatic carbocycles. The van der Waals surface area contributed by atoms with E-state index in [0.29, 0.717) is 5.56 Å². The Kier molecular flexibility index (Phi) is 5.27. The van der Waals surface area contributed by atoms with Crippen LogP contribution in [-0.2, 0) is 11.8 Å². The minimum absolute atomic E-state index is 0.361. The molecule has 0 amide bonds. The lowest BCUT2D eigenvalue weighted by molar-refractivity contribution is -0.556. The molecule has 2 heterocycles. The summed E-state index contributed by atoms with van der Waals surface area (Å²) in [6.45, 7) is 8.40. The molecule has 0 bridgehead atoms. The third kappa shape index (κ3) is 2.98. The van der Waals surface area contributed by atoms with Crippen LogP contribution in [0.25, 0.3) is 17.5 Å². The predicted molar refractivity (Wildman–Crippen MR) is 103 cm³/mol. The molecule has 1 aromatic carbocycles. The van der Waals surface area contributed by atoms with Gasteiger partial charge in [0.25, 0.3) is 0 Å². The highest BCUT2D eigenvalue weighted by molar-refractivity contribution is 5.70. The molecule has 0 unspecified atom stereocenters. The molecule has 1 aliphatic rings. The molecule has 3 heteroatoms. The zero-order valence-corrected chi connectivity index (χ0v) is 16.2. The number of benzene rings is 1. The Morgan fingerprint density at radius 3 is 2.46 bits per heavy atom. The molecule has 0 atom stereocenters. The van der Waals surface area contributed by atoms with Gasteiger partial charge in [0.15, 0.2) is 12.4 Å². The smallest absolute Gasteiger partial charge is 0.207 e. The molecule has 1 aromatic heterocycles. The van der Waals surface area contributed by atoms with E-state index < -0.39 is 11.6 Å². The van der Waals surface area contributed by atoms with Crippen LogP contribution in [0.5, 0.6) is 0 Å². The van der Waals surface area contributed by atoms with Crippen molar-refractivity contribution in [1.29, 1.82) is 0 Å². The van der Waals surface area contributed by atoms with Crippen molar-refractivity contribution in [3.05, 3.63) is 58.8 Å². The van der Waals surface area contributed by atoms with Gasteiger partial charge in [0.05, 0.1) is 5.56 Å². The lowest BCUT2D eigenvalue weighted by Gasteiger charge is -2.28. The summed E-state index contributed by atoms with van der Waals surface area (Å²) < 4.78 is 31.2. The fraction of sp³-hybridized carbons (Fsp3) is 0.435. The quantitative estimate of drug-likeness (QED) is 0.569. The van der Waals surface area contributed by atoms with Crippen LogP contribution in [0.3, 0.4) is 0 Å². The second kappa shape index (κ2) is 7.30. The number of hydrogen-bond acceptors (Lipinski definition) is 0. The first kappa shape index (κ1) is 18.8. The van der Waals surface area contributed by atoms with Crippen molar-refractivity contribution in [3.8, 4) is 11.3 Å². The second-order valence-electron chi connectivity index (χ2n) is 7.31. The standard InChI is InChI=1S/C23H28F2N/c1-5-8-9-17-10-12-26-13-11-23(6-2,7-3)19-14-18(24)15-20(25)21(19)22(26)16(17)4/h10-15H,5-9H2,1-4H3/q+1. The maximum absolute atomic E-state index is 15.1. The van der Waals surface area contributed by atoms with Gasteiger partial charge in [-0.2, -0.15) is 4.57 Å². The average Bonchev–Trinajstić information content (AvgIpc) is 2.77. The van der Waals surface area contributed by atoms with Crippen LogP contribution in [0.15, 0.2) is 30.5 Å². The normalized spacial score (nSPS) is 14.7. The number of fused-ring (bicyclic) bond motifs is 3. The summed E-state index contributed by atoms with van der Waals surface area (Å²) in [4.78, 5) is 0. The molecule has 1 nitrogen and oxygen atoms in total. The molecule has 26 heavy (non-hydrogen) atoms. The lowest BCUT2D eigenvalue weighted by atomic mass is 9.73. The van der Waals surface area contributed by atoms with Gasteiger partial charge in [-0.3, -0.25) is 0 Å². The Bertz CT molecular complexity index is 848. The summed E-state index contributed by atoms with van der Waals surface area (Å²) in [7, 11) is 0. The Balaban J connectivity index is 2.35. The summed E-state index contributed by atoms with van der Waals surface area (Å²) in [6.07, 6.45) is 10.9. The van der Waals surface area contributed by atoms with Gasteiger partial charge in [-0.05, 0) is 55.9 Å². The largest absolute Gasteiger partial charge is 0.224 e. The number of unbranched alkanes of at least 4 members (excludes halogenated alkanes) is 1. The molecular weight excluding hydrogens is 328 g/mol. The predicted octanol–water partition coefficient (Wildman–Crippen LogP) is 6.11. The number of pyridine rings is 1. The van der Waals surface area contributed by atoms with Gasteiger partial charge in [-0.25, -0.2) is 8.78 Å². The van der Waals surface area contributed by atoms with Gasteiger partial charge in [0.1, 0.15) is 11.6 Å². The number of halogens is 2. The van der Waals surface area contributed by atoms with E-state index in [1.807, 2.05) is 17.0 Å². The second-order valence-corrected chi connectivity index (χ2v) is 7.31. The van der Waals surface area contributed by atoms with E-state index >= 15 is 4.39 Å². The highest BCUT2D eigenvalue weighted by Crippen LogP contribution is 2.43. The van der Waals surface area contributed by atoms with E-state index in [2.05, 4.69) is 39.8 Å². The summed E-state index contributed by atoms with van der Waals surface area (Å²) >= 11 is 0. The first-order chi connectivity index (χ1) is 12.5. The maximum Gasteiger partial charge on any atom is 0.224 e. The van der Waals surface area contributed by atoms with E-state index in [1.165, 1.54) is 11.6 Å². The van der Waals surface area contributed by atoms with Crippen LogP contribution in [-0.4, -0.2) is 0 Å². The zero-order valence-electron chi connectivity index (χ0n) is 16.2. The fourth-order valence-corrected chi connectivity index (χ4v) is 4.18. The number of aromatic nitrogens is 1. The van der Waals surface area contributed by atoms with Gasteiger partial charge in [0.2, 0.25) is 5.69 Å². The highest BCUT2D eigenvalue weighted by Gasteiger charge is 2.37. The zero-order chi connectivity index (χ0) is 18.9. The highest BCUT2D eigenvalue weighted by atomic mass is 19.1. The van der Waals surface area contributed by atoms with Gasteiger partial charge < -0.3 is 0 Å². The number of aryl methyl sites for hydroxylation is 1. The summed E-state index contributed by atoms with van der Waals surface area (Å²) in [6, 6.07) is 4.68. The van der Waals surface area contributed by atoms with E-state index in [-0.39, 0.29) is 5.41 Å². The molecule has 138 valence electrons. The fourth-order valence-electron chi connectivity index (χ4n) is 4.18. The van der Waals surface area contributed by atoms with Gasteiger partial charge >= 0.3 is 0 Å². The Morgan fingerprint density at radius 1 is 1.08 bits per heavy atom. The van der Waals surface area contributed by atoms with Crippen LogP contribution in [0.4, 0.5) is 8.78 Å². The van der Waals surface area contributed by atoms with Gasteiger partial charge in [-0.1, -0.05) is 27.2 Å². The minimum atomic E-state index is -0.505. The molecule has 0 spiro atoms. The third-order valence-corrected chi connectivity index (χ3v) is 5.98. The van der Waals surface area contributed by atoms with Crippen LogP contribution < -0.4 is 4.57 Å². The molecule has 2 aromatic rings. The summed E-state index contributed by atoms with van der Waals surface area (Å²) in [5.41, 5.74) is 4.13. The van der Waals surface area contributed by atoms with E-state index in [0.717, 1.165) is 55.0 Å². The summed E-state index contributed by atoms with van der Waals surface area (Å²) in [5.74, 6) is -0.978. The van der Waals surface area contributed by atoms with Crippen molar-refractivity contribution in [2.24, 2.45) is 0 Å². The summed E-state index contributed by atoms with van der Waals surface area (Å²) in [5, 5.41) is 0. The molecular formula is C23H28F2N+. The monoisotopic (exact) mass is 356 g/mol. The van der Waals surface area contributed by atoms with Crippen molar-refractivity contribution in [2.75, 3.05) is 0 Å². The lowest BCUT2D eigenvalue weighted by Crippen LogP contribution is -2.30. The Labute approximate surface area is 155 Å². The molecule has 0 fully saturated rings. The number of hydrogen-bond donors (Lipinski definition) is 0.